The maximum absolute atomic E-state index is 12.1. The number of amides is 1. The number of hydrogen-bond acceptors (Lipinski definition) is 5. The van der Waals surface area contributed by atoms with Crippen molar-refractivity contribution in [1.29, 1.82) is 0 Å². The zero-order valence-electron chi connectivity index (χ0n) is 11.5. The topological polar surface area (TPSA) is 94.4 Å². The van der Waals surface area contributed by atoms with Gasteiger partial charge in [-0.05, 0) is 30.7 Å². The van der Waals surface area contributed by atoms with Crippen molar-refractivity contribution in [3.63, 3.8) is 0 Å². The molecule has 21 heavy (non-hydrogen) atoms. The average Bonchev–Trinajstić information content (AvgIpc) is 2.48. The second kappa shape index (κ2) is 6.00. The Morgan fingerprint density at radius 3 is 2.76 bits per heavy atom. The van der Waals surface area contributed by atoms with E-state index < -0.39 is 10.8 Å². The minimum atomic E-state index is -0.596. The van der Waals surface area contributed by atoms with Gasteiger partial charge in [-0.25, -0.2) is 4.98 Å². The molecule has 0 aliphatic carbocycles. The molecular formula is C14H13N3O4. The minimum absolute atomic E-state index is 0.102. The summed E-state index contributed by atoms with van der Waals surface area (Å²) < 4.78 is 4.89. The van der Waals surface area contributed by atoms with E-state index in [4.69, 9.17) is 4.74 Å². The lowest BCUT2D eigenvalue weighted by Gasteiger charge is -2.08. The number of pyridine rings is 1. The number of nitro benzene ring substituents is 1. The quantitative estimate of drug-likeness (QED) is 0.688. The van der Waals surface area contributed by atoms with Crippen LogP contribution in [0.3, 0.4) is 0 Å². The highest BCUT2D eigenvalue weighted by atomic mass is 16.6. The third-order valence-electron chi connectivity index (χ3n) is 2.88. The molecule has 0 spiro atoms. The van der Waals surface area contributed by atoms with Crippen LogP contribution in [0.2, 0.25) is 0 Å². The van der Waals surface area contributed by atoms with Gasteiger partial charge >= 0.3 is 5.69 Å². The highest BCUT2D eigenvalue weighted by molar-refractivity contribution is 6.04. The van der Waals surface area contributed by atoms with Gasteiger partial charge in [-0.1, -0.05) is 6.07 Å². The number of nitrogens with zero attached hydrogens (tertiary/aromatic N) is 2. The molecule has 1 aromatic heterocycles. The molecule has 0 saturated carbocycles. The summed E-state index contributed by atoms with van der Waals surface area (Å²) in [5, 5.41) is 13.6. The summed E-state index contributed by atoms with van der Waals surface area (Å²) in [6.45, 7) is 1.80. The third kappa shape index (κ3) is 3.14. The van der Waals surface area contributed by atoms with Crippen LogP contribution in [0.15, 0.2) is 36.5 Å². The molecule has 0 aliphatic heterocycles. The summed E-state index contributed by atoms with van der Waals surface area (Å²) >= 11 is 0. The van der Waals surface area contributed by atoms with E-state index in [2.05, 4.69) is 10.3 Å². The molecule has 1 N–H and O–H groups in total. The zero-order chi connectivity index (χ0) is 15.4. The van der Waals surface area contributed by atoms with Crippen LogP contribution in [0, 0.1) is 17.0 Å². The average molecular weight is 287 g/mol. The molecule has 2 rings (SSSR count). The van der Waals surface area contributed by atoms with Crippen molar-refractivity contribution in [2.24, 2.45) is 0 Å². The predicted molar refractivity (Wildman–Crippen MR) is 76.6 cm³/mol. The molecule has 7 nitrogen and oxygen atoms in total. The number of rotatable bonds is 4. The first-order valence-corrected chi connectivity index (χ1v) is 6.08. The van der Waals surface area contributed by atoms with Gasteiger partial charge in [0.1, 0.15) is 5.82 Å². The summed E-state index contributed by atoms with van der Waals surface area (Å²) in [5.41, 5.74) is 0.698. The number of nitro groups is 1. The van der Waals surface area contributed by atoms with Crippen LogP contribution in [0.5, 0.6) is 5.75 Å². The Hall–Kier alpha value is -2.96. The highest BCUT2D eigenvalue weighted by Crippen LogP contribution is 2.27. The Bertz CT molecular complexity index is 700. The lowest BCUT2D eigenvalue weighted by Crippen LogP contribution is -2.14. The predicted octanol–water partition coefficient (Wildman–Crippen LogP) is 2.56. The fourth-order valence-electron chi connectivity index (χ4n) is 1.77. The first kappa shape index (κ1) is 14.4. The van der Waals surface area contributed by atoms with Gasteiger partial charge in [-0.15, -0.1) is 0 Å². The van der Waals surface area contributed by atoms with Crippen molar-refractivity contribution in [2.75, 3.05) is 12.4 Å². The van der Waals surface area contributed by atoms with Crippen molar-refractivity contribution in [3.05, 3.63) is 57.8 Å². The van der Waals surface area contributed by atoms with Gasteiger partial charge in [0.25, 0.3) is 5.91 Å². The lowest BCUT2D eigenvalue weighted by molar-refractivity contribution is -0.385. The number of ether oxygens (including phenoxy) is 1. The molecule has 0 aliphatic rings. The molecule has 1 heterocycles. The standard InChI is InChI=1S/C14H13N3O4/c1-9-4-3-7-15-13(9)16-14(18)10-5-6-12(21-2)11(8-10)17(19)20/h3-8H,1-2H3,(H,15,16,18). The third-order valence-corrected chi connectivity index (χ3v) is 2.88. The summed E-state index contributed by atoms with van der Waals surface area (Å²) in [5.74, 6) is 0.0501. The van der Waals surface area contributed by atoms with Gasteiger partial charge in [0.15, 0.2) is 5.75 Å². The first-order valence-electron chi connectivity index (χ1n) is 6.08. The molecule has 0 unspecified atom stereocenters. The number of nitrogens with one attached hydrogen (secondary N) is 1. The fourth-order valence-corrected chi connectivity index (χ4v) is 1.77. The number of aryl methyl sites for hydroxylation is 1. The van der Waals surface area contributed by atoms with E-state index in [1.807, 2.05) is 0 Å². The largest absolute Gasteiger partial charge is 0.490 e. The fraction of sp³-hybridized carbons (Fsp3) is 0.143. The van der Waals surface area contributed by atoms with Crippen molar-refractivity contribution >= 4 is 17.4 Å². The SMILES string of the molecule is COc1ccc(C(=O)Nc2ncccc2C)cc1[N+](=O)[O-]. The van der Waals surface area contributed by atoms with Crippen LogP contribution in [0.1, 0.15) is 15.9 Å². The van der Waals surface area contributed by atoms with Crippen LogP contribution < -0.4 is 10.1 Å². The lowest BCUT2D eigenvalue weighted by atomic mass is 10.1. The highest BCUT2D eigenvalue weighted by Gasteiger charge is 2.18. The molecule has 0 atom stereocenters. The van der Waals surface area contributed by atoms with Crippen LogP contribution >= 0.6 is 0 Å². The number of hydrogen-bond donors (Lipinski definition) is 1. The molecule has 2 aromatic rings. The van der Waals surface area contributed by atoms with Gasteiger partial charge in [0, 0.05) is 17.8 Å². The summed E-state index contributed by atoms with van der Waals surface area (Å²) in [6, 6.07) is 7.58. The van der Waals surface area contributed by atoms with Crippen LogP contribution in [0.4, 0.5) is 11.5 Å². The molecule has 0 fully saturated rings. The van der Waals surface area contributed by atoms with Crippen molar-refractivity contribution in [3.8, 4) is 5.75 Å². The maximum Gasteiger partial charge on any atom is 0.311 e. The number of aromatic nitrogens is 1. The molecular weight excluding hydrogens is 274 g/mol. The Morgan fingerprint density at radius 1 is 1.38 bits per heavy atom. The van der Waals surface area contributed by atoms with Crippen molar-refractivity contribution in [2.45, 2.75) is 6.92 Å². The monoisotopic (exact) mass is 287 g/mol. The summed E-state index contributed by atoms with van der Waals surface area (Å²) in [6.07, 6.45) is 1.55. The first-order chi connectivity index (χ1) is 10.0. The number of anilines is 1. The van der Waals surface area contributed by atoms with Crippen LogP contribution in [-0.4, -0.2) is 22.9 Å². The van der Waals surface area contributed by atoms with Gasteiger partial charge in [0.2, 0.25) is 0 Å². The molecule has 108 valence electrons. The Morgan fingerprint density at radius 2 is 2.14 bits per heavy atom. The van der Waals surface area contributed by atoms with Gasteiger partial charge in [0.05, 0.1) is 12.0 Å². The normalized spacial score (nSPS) is 10.0. The van der Waals surface area contributed by atoms with E-state index >= 15 is 0 Å². The van der Waals surface area contributed by atoms with E-state index in [0.29, 0.717) is 5.82 Å². The van der Waals surface area contributed by atoms with E-state index in [1.54, 1.807) is 25.3 Å². The van der Waals surface area contributed by atoms with Gasteiger partial charge in [-0.3, -0.25) is 14.9 Å². The van der Waals surface area contributed by atoms with E-state index in [0.717, 1.165) is 5.56 Å². The number of carbonyl (C=O) groups is 1. The van der Waals surface area contributed by atoms with Crippen LogP contribution in [0.25, 0.3) is 0 Å². The van der Waals surface area contributed by atoms with E-state index in [9.17, 15) is 14.9 Å². The Kier molecular flexibility index (Phi) is 4.13. The zero-order valence-corrected chi connectivity index (χ0v) is 11.5. The van der Waals surface area contributed by atoms with Gasteiger partial charge in [-0.2, -0.15) is 0 Å². The van der Waals surface area contributed by atoms with Crippen molar-refractivity contribution < 1.29 is 14.5 Å². The van der Waals surface area contributed by atoms with Gasteiger partial charge < -0.3 is 10.1 Å². The summed E-state index contributed by atoms with van der Waals surface area (Å²) in [7, 11) is 1.33. The molecule has 1 aromatic carbocycles. The molecule has 7 heteroatoms. The molecule has 0 bridgehead atoms. The van der Waals surface area contributed by atoms with Crippen molar-refractivity contribution in [1.82, 2.24) is 4.98 Å². The number of benzene rings is 1. The second-order valence-electron chi connectivity index (χ2n) is 4.27. The second-order valence-corrected chi connectivity index (χ2v) is 4.27. The van der Waals surface area contributed by atoms with E-state index in [1.165, 1.54) is 25.3 Å². The Balaban J connectivity index is 2.30. The number of methoxy groups -OCH3 is 1. The summed E-state index contributed by atoms with van der Waals surface area (Å²) in [4.78, 5) is 26.5. The van der Waals surface area contributed by atoms with E-state index in [-0.39, 0.29) is 17.0 Å². The molecule has 0 saturated heterocycles. The minimum Gasteiger partial charge on any atom is -0.490 e. The van der Waals surface area contributed by atoms with Crippen LogP contribution in [-0.2, 0) is 0 Å². The maximum atomic E-state index is 12.1. The Labute approximate surface area is 120 Å². The molecule has 0 radical (unpaired) electrons. The number of carbonyl (C=O) groups excluding carboxylic acids is 1. The smallest absolute Gasteiger partial charge is 0.311 e. The molecule has 1 amide bonds.